The first-order chi connectivity index (χ1) is 2.77. The van der Waals surface area contributed by atoms with E-state index >= 15 is 0 Å². The summed E-state index contributed by atoms with van der Waals surface area (Å²) in [6, 6.07) is 0. The molecule has 0 amide bonds. The first-order valence-electron chi connectivity index (χ1n) is 1.84. The minimum absolute atomic E-state index is 0.254. The zero-order valence-electron chi connectivity index (χ0n) is 4.27. The molecule has 0 nitrogen and oxygen atoms in total. The van der Waals surface area contributed by atoms with Crippen molar-refractivity contribution in [1.29, 1.82) is 0 Å². The second-order valence-corrected chi connectivity index (χ2v) is 2.81. The van der Waals surface area contributed by atoms with Crippen LogP contribution in [0.15, 0.2) is 11.5 Å². The molecule has 0 heterocycles. The van der Waals surface area contributed by atoms with E-state index in [2.05, 4.69) is 17.5 Å². The van der Waals surface area contributed by atoms with E-state index in [0.29, 0.717) is 0 Å². The van der Waals surface area contributed by atoms with Gasteiger partial charge < -0.3 is 0 Å². The Balaban J connectivity index is 3.30. The average Bonchev–Trinajstić information content (AvgIpc) is 1.35. The fourth-order valence-corrected chi connectivity index (χ4v) is 0.697. The Hall–Kier alpha value is -0.0400. The SMILES string of the molecule is C=S(C)/C=C/C. The Bertz CT molecular complexity index is 72.0. The molecular weight excluding hydrogens is 92.1 g/mol. The van der Waals surface area contributed by atoms with Crippen LogP contribution in [0.5, 0.6) is 0 Å². The topological polar surface area (TPSA) is 0 Å². The van der Waals surface area contributed by atoms with Crippen LogP contribution in [0.4, 0.5) is 0 Å². The summed E-state index contributed by atoms with van der Waals surface area (Å²) in [5, 5.41) is 2.08. The summed E-state index contributed by atoms with van der Waals surface area (Å²) in [4.78, 5) is 0. The van der Waals surface area contributed by atoms with E-state index in [9.17, 15) is 0 Å². The van der Waals surface area contributed by atoms with Gasteiger partial charge in [-0.15, -0.1) is 0 Å². The quantitative estimate of drug-likeness (QED) is 0.443. The molecule has 0 aliphatic carbocycles. The monoisotopic (exact) mass is 102 g/mol. The van der Waals surface area contributed by atoms with Gasteiger partial charge in [0.05, 0.1) is 0 Å². The van der Waals surface area contributed by atoms with E-state index in [1.165, 1.54) is 0 Å². The van der Waals surface area contributed by atoms with Crippen molar-refractivity contribution in [2.45, 2.75) is 6.92 Å². The summed E-state index contributed by atoms with van der Waals surface area (Å²) in [6.07, 6.45) is 4.11. The van der Waals surface area contributed by atoms with Gasteiger partial charge in [-0.25, -0.2) is 0 Å². The van der Waals surface area contributed by atoms with Crippen LogP contribution >= 0.6 is 10.5 Å². The maximum atomic E-state index is 3.77. The van der Waals surface area contributed by atoms with Gasteiger partial charge in [-0.2, -0.15) is 10.5 Å². The van der Waals surface area contributed by atoms with Crippen LogP contribution < -0.4 is 0 Å². The number of allylic oxidation sites excluding steroid dienone is 1. The summed E-state index contributed by atoms with van der Waals surface area (Å²) in [5.41, 5.74) is 0. The van der Waals surface area contributed by atoms with E-state index in [1.807, 2.05) is 13.0 Å². The zero-order valence-corrected chi connectivity index (χ0v) is 5.09. The molecule has 6 heavy (non-hydrogen) atoms. The van der Waals surface area contributed by atoms with Crippen LogP contribution in [-0.2, 0) is 0 Å². The molecule has 0 radical (unpaired) electrons. The van der Waals surface area contributed by atoms with E-state index < -0.39 is 0 Å². The fourth-order valence-electron chi connectivity index (χ4n) is 0.232. The van der Waals surface area contributed by atoms with Gasteiger partial charge in [0, 0.05) is 0 Å². The molecule has 0 aromatic heterocycles. The number of rotatable bonds is 1. The summed E-state index contributed by atoms with van der Waals surface area (Å²) in [5.74, 6) is 3.77. The average molecular weight is 102 g/mol. The first kappa shape index (κ1) is 5.96. The normalized spacial score (nSPS) is 15.7. The predicted molar refractivity (Wildman–Crippen MR) is 35.4 cm³/mol. The van der Waals surface area contributed by atoms with Crippen LogP contribution in [0.2, 0.25) is 0 Å². The summed E-state index contributed by atoms with van der Waals surface area (Å²) in [6.45, 7) is 2.01. The van der Waals surface area contributed by atoms with Crippen LogP contribution in [-0.4, -0.2) is 12.1 Å². The third kappa shape index (κ3) is 3.96. The van der Waals surface area contributed by atoms with Crippen molar-refractivity contribution in [3.05, 3.63) is 11.5 Å². The second-order valence-electron chi connectivity index (χ2n) is 1.16. The highest BCUT2D eigenvalue weighted by atomic mass is 32.2. The standard InChI is InChI=1S/C5H10S/c1-4-5-6(2)3/h4-5H,2H2,1,3H3/b5-4+. The number of hydrogen-bond donors (Lipinski definition) is 0. The first-order valence-corrected chi connectivity index (χ1v) is 3.71. The van der Waals surface area contributed by atoms with Crippen LogP contribution in [0.1, 0.15) is 6.92 Å². The minimum atomic E-state index is 0.254. The predicted octanol–water partition coefficient (Wildman–Crippen LogP) is 1.85. The lowest BCUT2D eigenvalue weighted by atomic mass is 10.8. The van der Waals surface area contributed by atoms with Gasteiger partial charge >= 0.3 is 0 Å². The van der Waals surface area contributed by atoms with Crippen LogP contribution in [0.25, 0.3) is 0 Å². The minimum Gasteiger partial charge on any atom is -0.173 e. The molecule has 1 atom stereocenters. The summed E-state index contributed by atoms with van der Waals surface area (Å²) >= 11 is 0. The molecule has 1 heteroatoms. The summed E-state index contributed by atoms with van der Waals surface area (Å²) < 4.78 is 0. The van der Waals surface area contributed by atoms with Gasteiger partial charge in [0.2, 0.25) is 0 Å². The molecule has 0 aromatic carbocycles. The molecule has 0 aliphatic heterocycles. The highest BCUT2D eigenvalue weighted by Gasteiger charge is 1.60. The Morgan fingerprint density at radius 3 is 2.17 bits per heavy atom. The second kappa shape index (κ2) is 3.16. The molecule has 36 valence electrons. The third-order valence-corrected chi connectivity index (χ3v) is 1.11. The Labute approximate surface area is 41.8 Å². The Kier molecular flexibility index (Phi) is 3.14. The number of hydrogen-bond acceptors (Lipinski definition) is 0. The zero-order chi connectivity index (χ0) is 4.99. The maximum absolute atomic E-state index is 3.77. The Morgan fingerprint density at radius 2 is 2.17 bits per heavy atom. The summed E-state index contributed by atoms with van der Waals surface area (Å²) in [7, 11) is 0.254. The van der Waals surface area contributed by atoms with Crippen LogP contribution in [0, 0.1) is 0 Å². The molecule has 0 fully saturated rings. The molecule has 0 spiro atoms. The lowest BCUT2D eigenvalue weighted by Gasteiger charge is -1.79. The van der Waals surface area contributed by atoms with Crippen molar-refractivity contribution in [2.75, 3.05) is 6.26 Å². The van der Waals surface area contributed by atoms with E-state index in [0.717, 1.165) is 0 Å². The molecule has 0 saturated heterocycles. The van der Waals surface area contributed by atoms with E-state index in [4.69, 9.17) is 0 Å². The lowest BCUT2D eigenvalue weighted by Crippen LogP contribution is -1.46. The molecule has 1 unspecified atom stereocenters. The van der Waals surface area contributed by atoms with Crippen LogP contribution in [0.3, 0.4) is 0 Å². The third-order valence-electron chi connectivity index (χ3n) is 0.368. The van der Waals surface area contributed by atoms with Gasteiger partial charge in [0.25, 0.3) is 0 Å². The van der Waals surface area contributed by atoms with Crippen molar-refractivity contribution < 1.29 is 0 Å². The highest BCUT2D eigenvalue weighted by Crippen LogP contribution is 2.00. The fraction of sp³-hybridized carbons (Fsp3) is 0.400. The van der Waals surface area contributed by atoms with Gasteiger partial charge in [-0.05, 0) is 18.6 Å². The van der Waals surface area contributed by atoms with Crippen molar-refractivity contribution in [3.63, 3.8) is 0 Å². The molecular formula is C5H10S. The van der Waals surface area contributed by atoms with Gasteiger partial charge in [0.1, 0.15) is 0 Å². The Morgan fingerprint density at radius 1 is 1.67 bits per heavy atom. The molecule has 0 N–H and O–H groups in total. The van der Waals surface area contributed by atoms with Crippen molar-refractivity contribution in [2.24, 2.45) is 0 Å². The van der Waals surface area contributed by atoms with Crippen molar-refractivity contribution >= 4 is 16.4 Å². The highest BCUT2D eigenvalue weighted by molar-refractivity contribution is 8.16. The molecule has 0 bridgehead atoms. The van der Waals surface area contributed by atoms with Gasteiger partial charge in [-0.1, -0.05) is 11.9 Å². The smallest absolute Gasteiger partial charge is 0.0201 e. The van der Waals surface area contributed by atoms with E-state index in [1.54, 1.807) is 0 Å². The van der Waals surface area contributed by atoms with Gasteiger partial charge in [0.15, 0.2) is 0 Å². The lowest BCUT2D eigenvalue weighted by molar-refractivity contribution is 1.79. The largest absolute Gasteiger partial charge is 0.173 e. The molecule has 0 aliphatic rings. The molecule has 0 saturated carbocycles. The maximum Gasteiger partial charge on any atom is -0.0201 e. The van der Waals surface area contributed by atoms with E-state index in [-0.39, 0.29) is 10.5 Å². The van der Waals surface area contributed by atoms with Gasteiger partial charge in [-0.3, -0.25) is 0 Å². The molecule has 0 aromatic rings. The van der Waals surface area contributed by atoms with Crippen molar-refractivity contribution in [3.8, 4) is 0 Å². The van der Waals surface area contributed by atoms with Crippen molar-refractivity contribution in [1.82, 2.24) is 0 Å². The molecule has 0 rings (SSSR count).